The van der Waals surface area contributed by atoms with Gasteiger partial charge < -0.3 is 10.2 Å². The monoisotopic (exact) mass is 589 g/mol. The van der Waals surface area contributed by atoms with Gasteiger partial charge in [0.15, 0.2) is 0 Å². The number of nitrogens with one attached hydrogen (secondary N) is 1. The molecule has 2 amide bonds. The highest BCUT2D eigenvalue weighted by molar-refractivity contribution is 7.92. The lowest BCUT2D eigenvalue weighted by Gasteiger charge is -2.32. The molecule has 0 aromatic heterocycles. The molecule has 0 saturated carbocycles. The molecule has 0 aliphatic carbocycles. The average Bonchev–Trinajstić information content (AvgIpc) is 2.91. The van der Waals surface area contributed by atoms with Crippen molar-refractivity contribution in [2.75, 3.05) is 17.4 Å². The van der Waals surface area contributed by atoms with Gasteiger partial charge in [-0.15, -0.1) is 0 Å². The Hall–Kier alpha value is -3.07. The van der Waals surface area contributed by atoms with Crippen LogP contribution in [0.5, 0.6) is 0 Å². The minimum absolute atomic E-state index is 0.000687. The topological polar surface area (TPSA) is 86.8 Å². The molecule has 0 heterocycles. The summed E-state index contributed by atoms with van der Waals surface area (Å²) in [5.41, 5.74) is 1.97. The summed E-state index contributed by atoms with van der Waals surface area (Å²) in [4.78, 5) is 28.3. The number of nitrogens with zero attached hydrogens (tertiary/aromatic N) is 2. The fraction of sp³-hybridized carbons (Fsp3) is 0.310. The predicted octanol–water partition coefficient (Wildman–Crippen LogP) is 5.83. The van der Waals surface area contributed by atoms with Gasteiger partial charge in [0, 0.05) is 18.1 Å². The van der Waals surface area contributed by atoms with Crippen LogP contribution in [0.25, 0.3) is 0 Å². The first-order valence-corrected chi connectivity index (χ1v) is 14.9. The number of carbonyl (C=O) groups excluding carboxylic acids is 2. The molecule has 0 aliphatic heterocycles. The van der Waals surface area contributed by atoms with Crippen molar-refractivity contribution < 1.29 is 18.0 Å². The molecule has 10 heteroatoms. The maximum absolute atomic E-state index is 13.9. The Balaban J connectivity index is 2.01. The molecule has 0 spiro atoms. The summed E-state index contributed by atoms with van der Waals surface area (Å²) in [6.45, 7) is 5.65. The number of carbonyl (C=O) groups is 2. The molecule has 0 aliphatic rings. The molecule has 1 atom stereocenters. The van der Waals surface area contributed by atoms with Gasteiger partial charge in [0.05, 0.1) is 15.6 Å². The van der Waals surface area contributed by atoms with Gasteiger partial charge in [-0.3, -0.25) is 13.9 Å². The fourth-order valence-electron chi connectivity index (χ4n) is 3.93. The highest BCUT2D eigenvalue weighted by Crippen LogP contribution is 2.33. The van der Waals surface area contributed by atoms with Crippen LogP contribution in [0.1, 0.15) is 37.8 Å². The number of hydrogen-bond acceptors (Lipinski definition) is 4. The number of hydrogen-bond donors (Lipinski definition) is 1. The zero-order valence-corrected chi connectivity index (χ0v) is 24.6. The molecule has 1 N–H and O–H groups in total. The normalized spacial score (nSPS) is 12.0. The zero-order valence-electron chi connectivity index (χ0n) is 22.2. The smallest absolute Gasteiger partial charge is 0.264 e. The van der Waals surface area contributed by atoms with Crippen molar-refractivity contribution in [2.24, 2.45) is 0 Å². The van der Waals surface area contributed by atoms with Gasteiger partial charge in [-0.25, -0.2) is 8.42 Å². The Morgan fingerprint density at radius 2 is 1.64 bits per heavy atom. The van der Waals surface area contributed by atoms with E-state index in [2.05, 4.69) is 5.32 Å². The second kappa shape index (κ2) is 13.8. The Kier molecular flexibility index (Phi) is 10.8. The Morgan fingerprint density at radius 1 is 0.974 bits per heavy atom. The lowest BCUT2D eigenvalue weighted by atomic mass is 10.1. The molecule has 0 unspecified atom stereocenters. The maximum atomic E-state index is 13.9. The fourth-order valence-corrected chi connectivity index (χ4v) is 5.94. The summed E-state index contributed by atoms with van der Waals surface area (Å²) in [6.07, 6.45) is 1.72. The summed E-state index contributed by atoms with van der Waals surface area (Å²) < 4.78 is 28.5. The predicted molar refractivity (Wildman–Crippen MR) is 157 cm³/mol. The quantitative estimate of drug-likeness (QED) is 0.269. The van der Waals surface area contributed by atoms with Gasteiger partial charge in [-0.1, -0.05) is 84.6 Å². The molecular weight excluding hydrogens is 557 g/mol. The van der Waals surface area contributed by atoms with Crippen LogP contribution in [0.2, 0.25) is 10.0 Å². The average molecular weight is 591 g/mol. The summed E-state index contributed by atoms with van der Waals surface area (Å²) in [5.74, 6) is -0.870. The van der Waals surface area contributed by atoms with E-state index in [0.717, 1.165) is 28.3 Å². The van der Waals surface area contributed by atoms with Gasteiger partial charge in [-0.2, -0.15) is 0 Å². The molecule has 39 heavy (non-hydrogen) atoms. The summed E-state index contributed by atoms with van der Waals surface area (Å²) in [5, 5.41) is 3.27. The van der Waals surface area contributed by atoms with E-state index in [1.807, 2.05) is 38.1 Å². The minimum Gasteiger partial charge on any atom is -0.354 e. The van der Waals surface area contributed by atoms with E-state index in [9.17, 15) is 18.0 Å². The van der Waals surface area contributed by atoms with Crippen LogP contribution in [0, 0.1) is 6.92 Å². The molecule has 7 nitrogen and oxygen atoms in total. The van der Waals surface area contributed by atoms with Crippen molar-refractivity contribution >= 4 is 50.7 Å². The van der Waals surface area contributed by atoms with Crippen molar-refractivity contribution in [3.63, 3.8) is 0 Å². The van der Waals surface area contributed by atoms with Crippen LogP contribution in [0.3, 0.4) is 0 Å². The first-order valence-electron chi connectivity index (χ1n) is 12.7. The van der Waals surface area contributed by atoms with E-state index < -0.39 is 28.5 Å². The van der Waals surface area contributed by atoms with Crippen molar-refractivity contribution in [3.05, 3.63) is 94.0 Å². The summed E-state index contributed by atoms with van der Waals surface area (Å²) in [6, 6.07) is 18.9. The molecule has 3 rings (SSSR count). The van der Waals surface area contributed by atoms with Gasteiger partial charge >= 0.3 is 0 Å². The lowest BCUT2D eigenvalue weighted by Crippen LogP contribution is -2.51. The van der Waals surface area contributed by atoms with E-state index in [0.29, 0.717) is 11.6 Å². The first-order chi connectivity index (χ1) is 18.5. The third-order valence-electron chi connectivity index (χ3n) is 6.26. The molecule has 0 radical (unpaired) electrons. The van der Waals surface area contributed by atoms with Crippen LogP contribution in [0.4, 0.5) is 5.69 Å². The third kappa shape index (κ3) is 7.97. The van der Waals surface area contributed by atoms with Crippen molar-refractivity contribution in [1.82, 2.24) is 10.2 Å². The Bertz CT molecular complexity index is 1380. The second-order valence-corrected chi connectivity index (χ2v) is 12.0. The lowest BCUT2D eigenvalue weighted by molar-refractivity contribution is -0.139. The van der Waals surface area contributed by atoms with Crippen molar-refractivity contribution in [3.8, 4) is 0 Å². The van der Waals surface area contributed by atoms with Crippen molar-refractivity contribution in [2.45, 2.75) is 51.1 Å². The Labute approximate surface area is 240 Å². The number of amides is 2. The van der Waals surface area contributed by atoms with E-state index in [4.69, 9.17) is 23.2 Å². The molecule has 0 fully saturated rings. The molecule has 208 valence electrons. The molecular formula is C29H33Cl2N3O4S. The van der Waals surface area contributed by atoms with E-state index in [1.165, 1.54) is 35.2 Å². The molecule has 0 bridgehead atoms. The number of halogens is 2. The number of unbranched alkanes of at least 4 members (excludes halogenated alkanes) is 1. The third-order valence-corrected chi connectivity index (χ3v) is 8.57. The number of rotatable bonds is 12. The van der Waals surface area contributed by atoms with E-state index in [1.54, 1.807) is 25.1 Å². The first kappa shape index (κ1) is 30.5. The maximum Gasteiger partial charge on any atom is 0.264 e. The number of benzene rings is 3. The number of aryl methyl sites for hydroxylation is 1. The van der Waals surface area contributed by atoms with Gasteiger partial charge in [-0.05, 0) is 56.2 Å². The number of anilines is 1. The number of sulfonamides is 1. The van der Waals surface area contributed by atoms with E-state index >= 15 is 0 Å². The summed E-state index contributed by atoms with van der Waals surface area (Å²) >= 11 is 12.5. The van der Waals surface area contributed by atoms with Crippen LogP contribution in [-0.2, 0) is 26.2 Å². The van der Waals surface area contributed by atoms with Crippen LogP contribution < -0.4 is 9.62 Å². The van der Waals surface area contributed by atoms with Gasteiger partial charge in [0.1, 0.15) is 12.6 Å². The van der Waals surface area contributed by atoms with Gasteiger partial charge in [0.25, 0.3) is 10.0 Å². The summed E-state index contributed by atoms with van der Waals surface area (Å²) in [7, 11) is -4.20. The van der Waals surface area contributed by atoms with Crippen molar-refractivity contribution in [1.29, 1.82) is 0 Å². The van der Waals surface area contributed by atoms with Crippen LogP contribution in [0.15, 0.2) is 77.7 Å². The highest BCUT2D eigenvalue weighted by Gasteiger charge is 2.33. The second-order valence-electron chi connectivity index (χ2n) is 9.25. The van der Waals surface area contributed by atoms with Crippen LogP contribution in [-0.4, -0.2) is 44.3 Å². The standard InChI is InChI=1S/C29H33Cl2N3O4S/c1-4-5-17-32-29(36)22(3)33(19-23-13-11-21(2)12-14-23)28(35)20-34(27-16-15-24(30)18-26(27)31)39(37,38)25-9-7-6-8-10-25/h6-16,18,22H,4-5,17,19-20H2,1-3H3,(H,32,36)/t22-/m0/s1. The largest absolute Gasteiger partial charge is 0.354 e. The van der Waals surface area contributed by atoms with Gasteiger partial charge in [0.2, 0.25) is 11.8 Å². The van der Waals surface area contributed by atoms with E-state index in [-0.39, 0.29) is 28.1 Å². The highest BCUT2D eigenvalue weighted by atomic mass is 35.5. The molecule has 0 saturated heterocycles. The van der Waals surface area contributed by atoms with Crippen LogP contribution >= 0.6 is 23.2 Å². The Morgan fingerprint density at radius 3 is 2.26 bits per heavy atom. The minimum atomic E-state index is -4.20. The molecule has 3 aromatic rings. The SMILES string of the molecule is CCCCNC(=O)[C@H](C)N(Cc1ccc(C)cc1)C(=O)CN(c1ccc(Cl)cc1Cl)S(=O)(=O)c1ccccc1. The zero-order chi connectivity index (χ0) is 28.6. The molecule has 3 aromatic carbocycles.